The van der Waals surface area contributed by atoms with Crippen LogP contribution in [0.1, 0.15) is 19.3 Å². The number of nitrogens with one attached hydrogen (secondary N) is 2. The van der Waals surface area contributed by atoms with Crippen LogP contribution in [0, 0.1) is 11.7 Å². The lowest BCUT2D eigenvalue weighted by Gasteiger charge is -2.32. The molecule has 0 radical (unpaired) electrons. The van der Waals surface area contributed by atoms with Gasteiger partial charge in [0.25, 0.3) is 0 Å². The van der Waals surface area contributed by atoms with Crippen molar-refractivity contribution in [1.29, 1.82) is 0 Å². The van der Waals surface area contributed by atoms with E-state index in [1.54, 1.807) is 4.90 Å². The number of halogens is 1. The predicted molar refractivity (Wildman–Crippen MR) is 89.4 cm³/mol. The molecule has 8 heteroatoms. The number of likely N-dealkylation sites (tertiary alicyclic amines) is 1. The second kappa shape index (κ2) is 8.55. The first-order valence-electron chi connectivity index (χ1n) is 8.10. The van der Waals surface area contributed by atoms with Crippen LogP contribution in [0.5, 0.6) is 0 Å². The molecule has 24 heavy (non-hydrogen) atoms. The fourth-order valence-electron chi connectivity index (χ4n) is 2.82. The average molecular weight is 357 g/mol. The van der Waals surface area contributed by atoms with Crippen LogP contribution in [0.15, 0.2) is 29.2 Å². The number of carbonyl (C=O) groups excluding carboxylic acids is 1. The summed E-state index contributed by atoms with van der Waals surface area (Å²) in [6, 6.07) is 4.59. The van der Waals surface area contributed by atoms with Crippen LogP contribution in [0.3, 0.4) is 0 Å². The zero-order valence-electron chi connectivity index (χ0n) is 13.8. The van der Waals surface area contributed by atoms with Crippen molar-refractivity contribution >= 4 is 15.9 Å². The van der Waals surface area contributed by atoms with Gasteiger partial charge in [-0.1, -0.05) is 0 Å². The molecule has 2 rings (SSSR count). The van der Waals surface area contributed by atoms with Crippen LogP contribution in [-0.2, 0) is 14.8 Å². The fourth-order valence-corrected chi connectivity index (χ4v) is 3.85. The first-order chi connectivity index (χ1) is 11.4. The molecule has 1 heterocycles. The number of carbonyl (C=O) groups is 1. The minimum Gasteiger partial charge on any atom is -0.343 e. The van der Waals surface area contributed by atoms with Crippen molar-refractivity contribution in [3.63, 3.8) is 0 Å². The van der Waals surface area contributed by atoms with Gasteiger partial charge < -0.3 is 10.2 Å². The van der Waals surface area contributed by atoms with Crippen molar-refractivity contribution in [3.8, 4) is 0 Å². The Hall–Kier alpha value is -1.51. The maximum absolute atomic E-state index is 12.8. The summed E-state index contributed by atoms with van der Waals surface area (Å²) in [5.74, 6) is 0.0570. The van der Waals surface area contributed by atoms with Crippen molar-refractivity contribution in [2.75, 3.05) is 33.2 Å². The highest BCUT2D eigenvalue weighted by molar-refractivity contribution is 7.89. The third-order valence-corrected chi connectivity index (χ3v) is 5.69. The Labute approximate surface area is 142 Å². The predicted octanol–water partition coefficient (Wildman–Crippen LogP) is 0.952. The van der Waals surface area contributed by atoms with Gasteiger partial charge in [-0.05, 0) is 56.6 Å². The van der Waals surface area contributed by atoms with Crippen molar-refractivity contribution in [2.24, 2.45) is 5.92 Å². The molecule has 1 fully saturated rings. The molecular weight excluding hydrogens is 333 g/mol. The molecule has 6 nitrogen and oxygen atoms in total. The van der Waals surface area contributed by atoms with E-state index in [9.17, 15) is 17.6 Å². The largest absolute Gasteiger partial charge is 0.343 e. The zero-order valence-corrected chi connectivity index (χ0v) is 14.6. The Morgan fingerprint density at radius 2 is 1.88 bits per heavy atom. The molecule has 134 valence electrons. The Kier molecular flexibility index (Phi) is 6.70. The highest BCUT2D eigenvalue weighted by atomic mass is 32.2. The Morgan fingerprint density at radius 3 is 2.46 bits per heavy atom. The summed E-state index contributed by atoms with van der Waals surface area (Å²) in [5, 5.41) is 3.15. The normalized spacial score (nSPS) is 16.3. The van der Waals surface area contributed by atoms with Gasteiger partial charge in [-0.25, -0.2) is 17.5 Å². The highest BCUT2D eigenvalue weighted by Crippen LogP contribution is 2.17. The molecule has 0 unspecified atom stereocenters. The highest BCUT2D eigenvalue weighted by Gasteiger charge is 2.22. The lowest BCUT2D eigenvalue weighted by Crippen LogP contribution is -2.41. The molecule has 0 aromatic heterocycles. The van der Waals surface area contributed by atoms with E-state index in [-0.39, 0.29) is 23.8 Å². The number of nitrogens with zero attached hydrogens (tertiary/aromatic N) is 1. The molecule has 1 saturated heterocycles. The molecule has 1 amide bonds. The fraction of sp³-hybridized carbons (Fsp3) is 0.562. The summed E-state index contributed by atoms with van der Waals surface area (Å²) in [6.07, 6.45) is 2.05. The van der Waals surface area contributed by atoms with Crippen LogP contribution in [0.2, 0.25) is 0 Å². The SMILES string of the molecule is CNCC1CCN(C(=O)CCNS(=O)(=O)c2ccc(F)cc2)CC1. The van der Waals surface area contributed by atoms with Gasteiger partial charge in [0.2, 0.25) is 15.9 Å². The summed E-state index contributed by atoms with van der Waals surface area (Å²) in [6.45, 7) is 2.43. The van der Waals surface area contributed by atoms with Gasteiger partial charge in [0.05, 0.1) is 4.90 Å². The third kappa shape index (κ3) is 5.25. The van der Waals surface area contributed by atoms with Crippen molar-refractivity contribution in [2.45, 2.75) is 24.2 Å². The molecule has 1 aromatic carbocycles. The number of benzene rings is 1. The average Bonchev–Trinajstić information content (AvgIpc) is 2.56. The number of sulfonamides is 1. The second-order valence-electron chi connectivity index (χ2n) is 5.98. The van der Waals surface area contributed by atoms with E-state index in [0.717, 1.165) is 44.6 Å². The first kappa shape index (κ1) is 18.8. The van der Waals surface area contributed by atoms with E-state index in [4.69, 9.17) is 0 Å². The van der Waals surface area contributed by atoms with Gasteiger partial charge in [0.15, 0.2) is 0 Å². The number of rotatable bonds is 7. The molecule has 1 aromatic rings. The van der Waals surface area contributed by atoms with Crippen molar-refractivity contribution in [1.82, 2.24) is 14.9 Å². The molecule has 0 spiro atoms. The Balaban J connectivity index is 1.77. The molecule has 1 aliphatic heterocycles. The van der Waals surface area contributed by atoms with Crippen LogP contribution in [0.25, 0.3) is 0 Å². The molecule has 0 saturated carbocycles. The molecule has 1 aliphatic rings. The number of hydrogen-bond donors (Lipinski definition) is 2. The van der Waals surface area contributed by atoms with Crippen molar-refractivity contribution in [3.05, 3.63) is 30.1 Å². The van der Waals surface area contributed by atoms with E-state index in [0.29, 0.717) is 5.92 Å². The van der Waals surface area contributed by atoms with E-state index in [1.165, 1.54) is 12.1 Å². The smallest absolute Gasteiger partial charge is 0.240 e. The van der Waals surface area contributed by atoms with Gasteiger partial charge in [0.1, 0.15) is 5.82 Å². The number of piperidine rings is 1. The first-order valence-corrected chi connectivity index (χ1v) is 9.58. The summed E-state index contributed by atoms with van der Waals surface area (Å²) in [4.78, 5) is 13.9. The molecule has 0 bridgehead atoms. The number of hydrogen-bond acceptors (Lipinski definition) is 4. The lowest BCUT2D eigenvalue weighted by atomic mass is 9.96. The summed E-state index contributed by atoms with van der Waals surface area (Å²) >= 11 is 0. The molecular formula is C16H24FN3O3S. The van der Waals surface area contributed by atoms with E-state index in [1.807, 2.05) is 7.05 Å². The minimum atomic E-state index is -3.72. The van der Waals surface area contributed by atoms with Gasteiger partial charge in [-0.2, -0.15) is 0 Å². The van der Waals surface area contributed by atoms with Gasteiger partial charge in [-0.15, -0.1) is 0 Å². The Morgan fingerprint density at radius 1 is 1.25 bits per heavy atom. The van der Waals surface area contributed by atoms with Gasteiger partial charge >= 0.3 is 0 Å². The van der Waals surface area contributed by atoms with Crippen molar-refractivity contribution < 1.29 is 17.6 Å². The maximum Gasteiger partial charge on any atom is 0.240 e. The minimum absolute atomic E-state index is 0.00997. The maximum atomic E-state index is 12.8. The zero-order chi connectivity index (χ0) is 17.6. The quantitative estimate of drug-likeness (QED) is 0.762. The molecule has 0 aliphatic carbocycles. The van der Waals surface area contributed by atoms with Crippen LogP contribution in [-0.4, -0.2) is 52.5 Å². The number of amides is 1. The summed E-state index contributed by atoms with van der Waals surface area (Å²) in [7, 11) is -1.79. The van der Waals surface area contributed by atoms with E-state index < -0.39 is 15.8 Å². The standard InChI is InChI=1S/C16H24FN3O3S/c1-18-12-13-7-10-20(11-8-13)16(21)6-9-19-24(22,23)15-4-2-14(17)3-5-15/h2-5,13,18-19H,6-12H2,1H3. The monoisotopic (exact) mass is 357 g/mol. The molecule has 0 atom stereocenters. The molecule has 2 N–H and O–H groups in total. The summed E-state index contributed by atoms with van der Waals surface area (Å²) in [5.41, 5.74) is 0. The topological polar surface area (TPSA) is 78.5 Å². The van der Waals surface area contributed by atoms with Crippen LogP contribution < -0.4 is 10.0 Å². The van der Waals surface area contributed by atoms with Gasteiger partial charge in [0, 0.05) is 26.1 Å². The van der Waals surface area contributed by atoms with E-state index >= 15 is 0 Å². The lowest BCUT2D eigenvalue weighted by molar-refractivity contribution is -0.132. The van der Waals surface area contributed by atoms with Crippen LogP contribution in [0.4, 0.5) is 4.39 Å². The summed E-state index contributed by atoms with van der Waals surface area (Å²) < 4.78 is 39.3. The van der Waals surface area contributed by atoms with Gasteiger partial charge in [-0.3, -0.25) is 4.79 Å². The second-order valence-corrected chi connectivity index (χ2v) is 7.75. The van der Waals surface area contributed by atoms with E-state index in [2.05, 4.69) is 10.0 Å². The van der Waals surface area contributed by atoms with Crippen LogP contribution >= 0.6 is 0 Å². The third-order valence-electron chi connectivity index (χ3n) is 4.21. The Bertz CT molecular complexity index is 641.